The Morgan fingerprint density at radius 2 is 2.17 bits per heavy atom. The summed E-state index contributed by atoms with van der Waals surface area (Å²) in [5.74, 6) is -0.625. The second-order valence-corrected chi connectivity index (χ2v) is 3.80. The Labute approximate surface area is 72.7 Å². The van der Waals surface area contributed by atoms with Crippen molar-refractivity contribution in [2.24, 2.45) is 11.8 Å². The van der Waals surface area contributed by atoms with Gasteiger partial charge in [0.2, 0.25) is 0 Å². The second-order valence-electron chi connectivity index (χ2n) is 3.80. The van der Waals surface area contributed by atoms with E-state index in [9.17, 15) is 4.79 Å². The van der Waals surface area contributed by atoms with Gasteiger partial charge in [-0.3, -0.25) is 4.79 Å². The highest BCUT2D eigenvalue weighted by molar-refractivity contribution is 5.71. The minimum atomic E-state index is -0.731. The van der Waals surface area contributed by atoms with Crippen molar-refractivity contribution in [2.75, 3.05) is 0 Å². The molecule has 1 rings (SSSR count). The van der Waals surface area contributed by atoms with Gasteiger partial charge in [0, 0.05) is 0 Å². The largest absolute Gasteiger partial charge is 0.481 e. The number of carboxylic acids is 1. The molecule has 0 saturated carbocycles. The third-order valence-electron chi connectivity index (χ3n) is 2.50. The Balaban J connectivity index is 2.56. The van der Waals surface area contributed by atoms with Crippen molar-refractivity contribution in [2.45, 2.75) is 39.4 Å². The molecule has 0 aliphatic carbocycles. The van der Waals surface area contributed by atoms with Crippen molar-refractivity contribution < 1.29 is 14.6 Å². The van der Waals surface area contributed by atoms with E-state index in [-0.39, 0.29) is 18.1 Å². The minimum absolute atomic E-state index is 0.126. The molecule has 70 valence electrons. The minimum Gasteiger partial charge on any atom is -0.481 e. The molecule has 1 saturated heterocycles. The summed E-state index contributed by atoms with van der Waals surface area (Å²) in [6.45, 7) is 5.95. The first-order valence-electron chi connectivity index (χ1n) is 4.40. The molecular formula is C9H16O3. The topological polar surface area (TPSA) is 46.5 Å². The van der Waals surface area contributed by atoms with Crippen LogP contribution >= 0.6 is 0 Å². The van der Waals surface area contributed by atoms with Crippen LogP contribution in [0.4, 0.5) is 0 Å². The fourth-order valence-corrected chi connectivity index (χ4v) is 1.60. The average Bonchev–Trinajstić information content (AvgIpc) is 2.30. The molecule has 0 aromatic carbocycles. The second kappa shape index (κ2) is 3.44. The average molecular weight is 172 g/mol. The van der Waals surface area contributed by atoms with E-state index < -0.39 is 5.97 Å². The van der Waals surface area contributed by atoms with Gasteiger partial charge >= 0.3 is 5.97 Å². The van der Waals surface area contributed by atoms with E-state index in [4.69, 9.17) is 9.84 Å². The lowest BCUT2D eigenvalue weighted by Gasteiger charge is -2.13. The molecule has 0 spiro atoms. The van der Waals surface area contributed by atoms with E-state index >= 15 is 0 Å². The monoisotopic (exact) mass is 172 g/mol. The zero-order valence-electron chi connectivity index (χ0n) is 7.78. The smallest absolute Gasteiger partial charge is 0.309 e. The molecule has 1 aliphatic heterocycles. The summed E-state index contributed by atoms with van der Waals surface area (Å²) in [6, 6.07) is 0. The quantitative estimate of drug-likeness (QED) is 0.687. The van der Waals surface area contributed by atoms with Gasteiger partial charge in [-0.1, -0.05) is 13.8 Å². The molecule has 3 nitrogen and oxygen atoms in total. The van der Waals surface area contributed by atoms with Crippen molar-refractivity contribution >= 4 is 5.97 Å². The van der Waals surface area contributed by atoms with E-state index in [1.54, 1.807) is 0 Å². The predicted molar refractivity (Wildman–Crippen MR) is 44.9 cm³/mol. The van der Waals surface area contributed by atoms with Gasteiger partial charge in [0.05, 0.1) is 18.1 Å². The summed E-state index contributed by atoms with van der Waals surface area (Å²) in [5, 5.41) is 8.80. The summed E-state index contributed by atoms with van der Waals surface area (Å²) < 4.78 is 5.52. The number of carbonyl (C=O) groups is 1. The molecule has 0 amide bonds. The summed E-state index contributed by atoms with van der Waals surface area (Å²) in [7, 11) is 0. The number of ether oxygens (including phenoxy) is 1. The Bertz CT molecular complexity index is 177. The molecule has 1 N–H and O–H groups in total. The summed E-state index contributed by atoms with van der Waals surface area (Å²) in [5.41, 5.74) is 0. The molecule has 1 fully saturated rings. The lowest BCUT2D eigenvalue weighted by molar-refractivity contribution is -0.143. The Hall–Kier alpha value is -0.570. The van der Waals surface area contributed by atoms with Crippen LogP contribution in [0.3, 0.4) is 0 Å². The van der Waals surface area contributed by atoms with Crippen molar-refractivity contribution in [1.82, 2.24) is 0 Å². The van der Waals surface area contributed by atoms with E-state index in [1.165, 1.54) is 0 Å². The molecule has 0 radical (unpaired) electrons. The maximum absolute atomic E-state index is 10.7. The lowest BCUT2D eigenvalue weighted by atomic mass is 9.96. The van der Waals surface area contributed by atoms with E-state index in [2.05, 4.69) is 13.8 Å². The summed E-state index contributed by atoms with van der Waals surface area (Å²) >= 11 is 0. The molecule has 1 aliphatic rings. The maximum atomic E-state index is 10.7. The first-order valence-corrected chi connectivity index (χ1v) is 4.40. The van der Waals surface area contributed by atoms with E-state index in [0.29, 0.717) is 12.3 Å². The van der Waals surface area contributed by atoms with E-state index in [0.717, 1.165) is 0 Å². The molecule has 0 bridgehead atoms. The van der Waals surface area contributed by atoms with Crippen LogP contribution < -0.4 is 0 Å². The number of hydrogen-bond acceptors (Lipinski definition) is 2. The first kappa shape index (κ1) is 9.52. The van der Waals surface area contributed by atoms with Crippen LogP contribution in [-0.2, 0) is 9.53 Å². The van der Waals surface area contributed by atoms with Gasteiger partial charge in [-0.25, -0.2) is 0 Å². The van der Waals surface area contributed by atoms with E-state index in [1.807, 2.05) is 6.92 Å². The van der Waals surface area contributed by atoms with Gasteiger partial charge in [0.15, 0.2) is 0 Å². The fraction of sp³-hybridized carbons (Fsp3) is 0.889. The van der Waals surface area contributed by atoms with Crippen LogP contribution in [0.25, 0.3) is 0 Å². The number of carboxylic acid groups (broad SMARTS) is 1. The molecule has 3 heteroatoms. The lowest BCUT2D eigenvalue weighted by Crippen LogP contribution is -2.20. The Morgan fingerprint density at radius 3 is 2.42 bits per heavy atom. The third kappa shape index (κ3) is 1.78. The van der Waals surface area contributed by atoms with Gasteiger partial charge in [-0.2, -0.15) is 0 Å². The zero-order chi connectivity index (χ0) is 9.30. The molecule has 3 atom stereocenters. The van der Waals surface area contributed by atoms with Crippen LogP contribution in [0.2, 0.25) is 0 Å². The van der Waals surface area contributed by atoms with Gasteiger partial charge in [-0.05, 0) is 19.3 Å². The van der Waals surface area contributed by atoms with Crippen molar-refractivity contribution in [1.29, 1.82) is 0 Å². The third-order valence-corrected chi connectivity index (χ3v) is 2.50. The predicted octanol–water partition coefficient (Wildman–Crippen LogP) is 1.52. The molecular weight excluding hydrogens is 156 g/mol. The fourth-order valence-electron chi connectivity index (χ4n) is 1.60. The van der Waals surface area contributed by atoms with Crippen molar-refractivity contribution in [3.63, 3.8) is 0 Å². The SMILES string of the molecule is CC(C)C1CC(C(=O)O)C(C)O1. The Kier molecular flexibility index (Phi) is 2.73. The van der Waals surface area contributed by atoms with Gasteiger partial charge in [0.1, 0.15) is 0 Å². The van der Waals surface area contributed by atoms with Crippen molar-refractivity contribution in [3.8, 4) is 0 Å². The first-order chi connectivity index (χ1) is 5.52. The molecule has 0 aromatic rings. The normalized spacial score (nSPS) is 35.8. The Morgan fingerprint density at radius 1 is 1.58 bits per heavy atom. The van der Waals surface area contributed by atoms with Gasteiger partial charge in [0.25, 0.3) is 0 Å². The highest BCUT2D eigenvalue weighted by Crippen LogP contribution is 2.30. The van der Waals surface area contributed by atoms with Crippen LogP contribution in [0, 0.1) is 11.8 Å². The zero-order valence-corrected chi connectivity index (χ0v) is 7.78. The van der Waals surface area contributed by atoms with Crippen LogP contribution in [0.15, 0.2) is 0 Å². The number of rotatable bonds is 2. The molecule has 0 aromatic heterocycles. The van der Waals surface area contributed by atoms with Crippen molar-refractivity contribution in [3.05, 3.63) is 0 Å². The van der Waals surface area contributed by atoms with Gasteiger partial charge in [-0.15, -0.1) is 0 Å². The highest BCUT2D eigenvalue weighted by atomic mass is 16.5. The maximum Gasteiger partial charge on any atom is 0.309 e. The van der Waals surface area contributed by atoms with Crippen LogP contribution in [0.5, 0.6) is 0 Å². The molecule has 12 heavy (non-hydrogen) atoms. The standard InChI is InChI=1S/C9H16O3/c1-5(2)8-4-7(9(10)11)6(3)12-8/h5-8H,4H2,1-3H3,(H,10,11). The summed E-state index contributed by atoms with van der Waals surface area (Å²) in [6.07, 6.45) is 0.657. The highest BCUT2D eigenvalue weighted by Gasteiger charge is 2.37. The van der Waals surface area contributed by atoms with Crippen LogP contribution in [0.1, 0.15) is 27.2 Å². The van der Waals surface area contributed by atoms with Gasteiger partial charge < -0.3 is 9.84 Å². The molecule has 3 unspecified atom stereocenters. The molecule has 1 heterocycles. The number of hydrogen-bond donors (Lipinski definition) is 1. The van der Waals surface area contributed by atoms with Crippen LogP contribution in [-0.4, -0.2) is 23.3 Å². The number of aliphatic carboxylic acids is 1. The summed E-state index contributed by atoms with van der Waals surface area (Å²) in [4.78, 5) is 10.7.